The molecule has 1 aliphatic carbocycles. The summed E-state index contributed by atoms with van der Waals surface area (Å²) in [4.78, 5) is 10.5. The average Bonchev–Trinajstić information content (AvgIpc) is 2.94. The zero-order valence-corrected chi connectivity index (χ0v) is 16.9. The number of aliphatic carboxylic acids is 1. The molecule has 1 aromatic carbocycles. The van der Waals surface area contributed by atoms with Crippen molar-refractivity contribution in [3.8, 4) is 0 Å². The molecular formula is C22H31F3O5. The number of carboxylic acids is 1. The summed E-state index contributed by atoms with van der Waals surface area (Å²) >= 11 is 0. The summed E-state index contributed by atoms with van der Waals surface area (Å²) < 4.78 is 38.6. The van der Waals surface area contributed by atoms with Gasteiger partial charge in [0.15, 0.2) is 0 Å². The van der Waals surface area contributed by atoms with Crippen LogP contribution in [-0.4, -0.2) is 38.6 Å². The van der Waals surface area contributed by atoms with E-state index < -0.39 is 36.0 Å². The van der Waals surface area contributed by atoms with Crippen LogP contribution in [0.5, 0.6) is 0 Å². The number of hydrogen-bond donors (Lipinski definition) is 4. The van der Waals surface area contributed by atoms with Gasteiger partial charge in [-0.1, -0.05) is 31.4 Å². The molecule has 1 fully saturated rings. The summed E-state index contributed by atoms with van der Waals surface area (Å²) in [5, 5.41) is 39.6. The predicted octanol–water partition coefficient (Wildman–Crippen LogP) is 4.30. The fourth-order valence-electron chi connectivity index (χ4n) is 4.43. The van der Waals surface area contributed by atoms with Crippen molar-refractivity contribution in [1.29, 1.82) is 0 Å². The van der Waals surface area contributed by atoms with Crippen LogP contribution in [0.25, 0.3) is 0 Å². The molecule has 170 valence electrons. The normalized spacial score (nSPS) is 25.4. The zero-order valence-electron chi connectivity index (χ0n) is 16.9. The van der Waals surface area contributed by atoms with Crippen molar-refractivity contribution in [2.45, 2.75) is 82.3 Å². The highest BCUT2D eigenvalue weighted by Crippen LogP contribution is 2.40. The molecule has 2 rings (SSSR count). The molecule has 5 nitrogen and oxygen atoms in total. The van der Waals surface area contributed by atoms with Gasteiger partial charge in [-0.25, -0.2) is 0 Å². The Morgan fingerprint density at radius 1 is 1.03 bits per heavy atom. The molecule has 0 spiro atoms. The van der Waals surface area contributed by atoms with Crippen LogP contribution in [0, 0.1) is 11.8 Å². The van der Waals surface area contributed by atoms with Gasteiger partial charge in [-0.05, 0) is 61.6 Å². The van der Waals surface area contributed by atoms with Gasteiger partial charge in [-0.2, -0.15) is 13.2 Å². The minimum atomic E-state index is -4.48. The van der Waals surface area contributed by atoms with Gasteiger partial charge >= 0.3 is 12.1 Å². The maximum Gasteiger partial charge on any atom is 0.416 e. The molecule has 5 atom stereocenters. The zero-order chi connectivity index (χ0) is 22.3. The van der Waals surface area contributed by atoms with Crippen LogP contribution < -0.4 is 0 Å². The molecule has 1 aromatic rings. The Kier molecular flexibility index (Phi) is 9.12. The van der Waals surface area contributed by atoms with E-state index in [4.69, 9.17) is 5.11 Å². The van der Waals surface area contributed by atoms with E-state index in [1.54, 1.807) is 0 Å². The molecule has 30 heavy (non-hydrogen) atoms. The Hall–Kier alpha value is -1.64. The SMILES string of the molecule is O=C(O)CCCCCCC1[C@@H](CCC(O)c2cccc(C(F)(F)F)c2)[C@H](O)C[C@@H]1O. The molecular weight excluding hydrogens is 401 g/mol. The van der Waals surface area contributed by atoms with Gasteiger partial charge < -0.3 is 20.4 Å². The number of carbonyl (C=O) groups is 1. The lowest BCUT2D eigenvalue weighted by Gasteiger charge is -2.25. The lowest BCUT2D eigenvalue weighted by Crippen LogP contribution is -2.23. The van der Waals surface area contributed by atoms with Crippen LogP contribution >= 0.6 is 0 Å². The Morgan fingerprint density at radius 2 is 1.67 bits per heavy atom. The highest BCUT2D eigenvalue weighted by atomic mass is 19.4. The first-order valence-electron chi connectivity index (χ1n) is 10.5. The highest BCUT2D eigenvalue weighted by Gasteiger charge is 2.41. The lowest BCUT2D eigenvalue weighted by molar-refractivity contribution is -0.138. The molecule has 0 heterocycles. The fraction of sp³-hybridized carbons (Fsp3) is 0.682. The van der Waals surface area contributed by atoms with Gasteiger partial charge in [0.05, 0.1) is 23.9 Å². The number of halogens is 3. The maximum atomic E-state index is 12.9. The molecule has 1 aliphatic rings. The van der Waals surface area contributed by atoms with Crippen molar-refractivity contribution in [3.05, 3.63) is 35.4 Å². The Balaban J connectivity index is 1.86. The van der Waals surface area contributed by atoms with E-state index in [0.717, 1.165) is 31.4 Å². The second-order valence-corrected chi connectivity index (χ2v) is 8.26. The number of carboxylic acid groups (broad SMARTS) is 1. The Bertz CT molecular complexity index is 679. The van der Waals surface area contributed by atoms with E-state index in [1.807, 2.05) is 0 Å². The molecule has 4 N–H and O–H groups in total. The van der Waals surface area contributed by atoms with Crippen LogP contribution in [-0.2, 0) is 11.0 Å². The lowest BCUT2D eigenvalue weighted by atomic mass is 9.84. The number of aliphatic hydroxyl groups is 3. The third-order valence-electron chi connectivity index (χ3n) is 6.07. The topological polar surface area (TPSA) is 98.0 Å². The first kappa shape index (κ1) is 24.6. The molecule has 0 bridgehead atoms. The van der Waals surface area contributed by atoms with Crippen LogP contribution in [0.15, 0.2) is 24.3 Å². The van der Waals surface area contributed by atoms with Crippen LogP contribution in [0.2, 0.25) is 0 Å². The summed E-state index contributed by atoms with van der Waals surface area (Å²) in [6.45, 7) is 0. The number of rotatable bonds is 11. The summed E-state index contributed by atoms with van der Waals surface area (Å²) in [6.07, 6.45) is -2.16. The average molecular weight is 432 g/mol. The number of hydrogen-bond acceptors (Lipinski definition) is 4. The second-order valence-electron chi connectivity index (χ2n) is 8.26. The first-order chi connectivity index (χ1) is 14.1. The van der Waals surface area contributed by atoms with Crippen molar-refractivity contribution in [2.24, 2.45) is 11.8 Å². The van der Waals surface area contributed by atoms with Crippen molar-refractivity contribution >= 4 is 5.97 Å². The molecule has 0 aromatic heterocycles. The Labute approximate surface area is 174 Å². The largest absolute Gasteiger partial charge is 0.481 e. The molecule has 8 heteroatoms. The van der Waals surface area contributed by atoms with E-state index in [1.165, 1.54) is 12.1 Å². The van der Waals surface area contributed by atoms with Crippen LogP contribution in [0.1, 0.15) is 75.0 Å². The molecule has 0 radical (unpaired) electrons. The van der Waals surface area contributed by atoms with E-state index in [2.05, 4.69) is 0 Å². The minimum absolute atomic E-state index is 0.131. The summed E-state index contributed by atoms with van der Waals surface area (Å²) in [6, 6.07) is 4.62. The van der Waals surface area contributed by atoms with Crippen molar-refractivity contribution in [1.82, 2.24) is 0 Å². The predicted molar refractivity (Wildman–Crippen MR) is 105 cm³/mol. The smallest absolute Gasteiger partial charge is 0.416 e. The quantitative estimate of drug-likeness (QED) is 0.391. The summed E-state index contributed by atoms with van der Waals surface area (Å²) in [5.41, 5.74) is -0.621. The third kappa shape index (κ3) is 7.25. The van der Waals surface area contributed by atoms with E-state index >= 15 is 0 Å². The van der Waals surface area contributed by atoms with Crippen LogP contribution in [0.3, 0.4) is 0 Å². The highest BCUT2D eigenvalue weighted by molar-refractivity contribution is 5.66. The number of unbranched alkanes of at least 4 members (excludes halogenated alkanes) is 3. The third-order valence-corrected chi connectivity index (χ3v) is 6.07. The van der Waals surface area contributed by atoms with Gasteiger partial charge in [0.1, 0.15) is 0 Å². The van der Waals surface area contributed by atoms with Gasteiger partial charge in [0, 0.05) is 6.42 Å². The van der Waals surface area contributed by atoms with Gasteiger partial charge in [-0.3, -0.25) is 4.79 Å². The molecule has 0 saturated heterocycles. The van der Waals surface area contributed by atoms with Crippen molar-refractivity contribution in [3.63, 3.8) is 0 Å². The van der Waals surface area contributed by atoms with Crippen molar-refractivity contribution in [2.75, 3.05) is 0 Å². The summed E-state index contributed by atoms with van der Waals surface area (Å²) in [5.74, 6) is -1.17. The Morgan fingerprint density at radius 3 is 2.30 bits per heavy atom. The molecule has 2 unspecified atom stereocenters. The summed E-state index contributed by atoms with van der Waals surface area (Å²) in [7, 11) is 0. The standard InChI is InChI=1S/C22H31F3O5/c23-22(24,25)15-7-5-6-14(12-15)18(26)11-10-17-16(19(27)13-20(17)28)8-3-1-2-4-9-21(29)30/h5-7,12,16-20,26-28H,1-4,8-11,13H2,(H,29,30)/t16?,17-,18?,19+,20-/m1/s1. The van der Waals surface area contributed by atoms with Gasteiger partial charge in [0.25, 0.3) is 0 Å². The fourth-order valence-corrected chi connectivity index (χ4v) is 4.43. The number of benzene rings is 1. The molecule has 0 amide bonds. The molecule has 1 saturated carbocycles. The van der Waals surface area contributed by atoms with Gasteiger partial charge in [0.2, 0.25) is 0 Å². The molecule has 0 aliphatic heterocycles. The van der Waals surface area contributed by atoms with E-state index in [-0.39, 0.29) is 36.7 Å². The monoisotopic (exact) mass is 432 g/mol. The van der Waals surface area contributed by atoms with E-state index in [0.29, 0.717) is 19.3 Å². The maximum absolute atomic E-state index is 12.9. The second kappa shape index (κ2) is 11.1. The van der Waals surface area contributed by atoms with Crippen molar-refractivity contribution < 1.29 is 38.4 Å². The number of alkyl halides is 3. The van der Waals surface area contributed by atoms with Gasteiger partial charge in [-0.15, -0.1) is 0 Å². The number of aliphatic hydroxyl groups excluding tert-OH is 3. The first-order valence-corrected chi connectivity index (χ1v) is 10.5. The minimum Gasteiger partial charge on any atom is -0.481 e. The van der Waals surface area contributed by atoms with E-state index in [9.17, 15) is 33.3 Å². The van der Waals surface area contributed by atoms with Crippen LogP contribution in [0.4, 0.5) is 13.2 Å².